The van der Waals surface area contributed by atoms with Crippen molar-refractivity contribution in [1.29, 1.82) is 0 Å². The quantitative estimate of drug-likeness (QED) is 0.845. The Labute approximate surface area is 90.7 Å². The maximum absolute atomic E-state index is 11.9. The Kier molecular flexibility index (Phi) is 3.51. The molecule has 0 saturated carbocycles. The van der Waals surface area contributed by atoms with Gasteiger partial charge in [0, 0.05) is 18.4 Å². The highest BCUT2D eigenvalue weighted by Crippen LogP contribution is 2.15. The summed E-state index contributed by atoms with van der Waals surface area (Å²) in [6.07, 6.45) is -3.38. The van der Waals surface area contributed by atoms with Crippen molar-refractivity contribution >= 4 is 5.91 Å². The van der Waals surface area contributed by atoms with E-state index in [2.05, 4.69) is 4.98 Å². The molecule has 0 saturated heterocycles. The molecule has 0 atom stereocenters. The fourth-order valence-corrected chi connectivity index (χ4v) is 1.19. The molecule has 0 aliphatic carbocycles. The Hall–Kier alpha value is -1.59. The number of nitrogens with zero attached hydrogens (tertiary/aromatic N) is 1. The number of carbonyl (C=O) groups is 1. The van der Waals surface area contributed by atoms with E-state index in [1.54, 1.807) is 25.2 Å². The number of halogens is 3. The third-order valence-electron chi connectivity index (χ3n) is 2.05. The van der Waals surface area contributed by atoms with Crippen LogP contribution in [0.1, 0.15) is 16.8 Å². The number of pyridine rings is 1. The molecule has 0 fully saturated rings. The van der Waals surface area contributed by atoms with E-state index in [1.807, 2.05) is 0 Å². The van der Waals surface area contributed by atoms with Gasteiger partial charge in [-0.25, -0.2) is 0 Å². The number of carbonyl (C=O) groups excluding carboxylic acids is 1. The Morgan fingerprint density at radius 1 is 1.44 bits per heavy atom. The lowest BCUT2D eigenvalue weighted by Crippen LogP contribution is -2.36. The summed E-state index contributed by atoms with van der Waals surface area (Å²) < 4.78 is 35.7. The first-order valence-corrected chi connectivity index (χ1v) is 4.58. The Morgan fingerprint density at radius 3 is 2.56 bits per heavy atom. The fourth-order valence-electron chi connectivity index (χ4n) is 1.19. The first-order chi connectivity index (χ1) is 7.30. The van der Waals surface area contributed by atoms with E-state index in [9.17, 15) is 18.0 Å². The third kappa shape index (κ3) is 3.22. The van der Waals surface area contributed by atoms with Crippen molar-refractivity contribution in [3.63, 3.8) is 0 Å². The molecule has 0 unspecified atom stereocenters. The van der Waals surface area contributed by atoms with Gasteiger partial charge in [0.2, 0.25) is 0 Å². The zero-order chi connectivity index (χ0) is 12.3. The smallest absolute Gasteiger partial charge is 0.344 e. The van der Waals surface area contributed by atoms with Crippen LogP contribution < -0.4 is 5.32 Å². The minimum atomic E-state index is -4.84. The molecule has 0 aromatic carbocycles. The second-order valence-corrected chi connectivity index (χ2v) is 3.43. The summed E-state index contributed by atoms with van der Waals surface area (Å²) in [5.41, 5.74) is 2.15. The van der Waals surface area contributed by atoms with Crippen LogP contribution in [0.5, 0.6) is 0 Å². The van der Waals surface area contributed by atoms with E-state index < -0.39 is 12.1 Å². The van der Waals surface area contributed by atoms with Crippen molar-refractivity contribution in [2.75, 3.05) is 0 Å². The second kappa shape index (κ2) is 4.51. The lowest BCUT2D eigenvalue weighted by molar-refractivity contribution is -0.173. The molecule has 6 heteroatoms. The zero-order valence-electron chi connectivity index (χ0n) is 8.85. The second-order valence-electron chi connectivity index (χ2n) is 3.43. The minimum absolute atomic E-state index is 0.169. The summed E-state index contributed by atoms with van der Waals surface area (Å²) in [7, 11) is 0. The number of nitrogens with one attached hydrogen (secondary N) is 1. The van der Waals surface area contributed by atoms with Gasteiger partial charge in [-0.15, -0.1) is 0 Å². The predicted octanol–water partition coefficient (Wildman–Crippen LogP) is 1.88. The first kappa shape index (κ1) is 12.5. The van der Waals surface area contributed by atoms with Crippen molar-refractivity contribution in [3.8, 4) is 0 Å². The van der Waals surface area contributed by atoms with Gasteiger partial charge in [0.25, 0.3) is 0 Å². The molecule has 1 aromatic heterocycles. The number of amides is 1. The average molecular weight is 232 g/mol. The maximum Gasteiger partial charge on any atom is 0.471 e. The summed E-state index contributed by atoms with van der Waals surface area (Å²) in [6, 6.07) is 1.75. The van der Waals surface area contributed by atoms with Gasteiger partial charge in [-0.05, 0) is 31.0 Å². The van der Waals surface area contributed by atoms with Crippen LogP contribution in [0.4, 0.5) is 13.2 Å². The Bertz CT molecular complexity index is 402. The van der Waals surface area contributed by atoms with E-state index in [0.29, 0.717) is 5.56 Å². The van der Waals surface area contributed by atoms with E-state index in [4.69, 9.17) is 0 Å². The normalized spacial score (nSPS) is 11.3. The van der Waals surface area contributed by atoms with Crippen molar-refractivity contribution in [2.24, 2.45) is 0 Å². The molecular weight excluding hydrogens is 221 g/mol. The number of hydrogen-bond donors (Lipinski definition) is 1. The van der Waals surface area contributed by atoms with Gasteiger partial charge >= 0.3 is 12.1 Å². The van der Waals surface area contributed by atoms with Crippen LogP contribution in [0.15, 0.2) is 12.3 Å². The number of aromatic nitrogens is 1. The summed E-state index contributed by atoms with van der Waals surface area (Å²) in [5, 5.41) is 1.80. The fraction of sp³-hybridized carbons (Fsp3) is 0.400. The highest BCUT2D eigenvalue weighted by atomic mass is 19.4. The minimum Gasteiger partial charge on any atom is -0.344 e. The SMILES string of the molecule is Cc1cc(C)c(CNC(=O)C(F)(F)F)cn1. The molecule has 0 bridgehead atoms. The molecule has 1 amide bonds. The van der Waals surface area contributed by atoms with Gasteiger partial charge in [0.15, 0.2) is 0 Å². The number of alkyl halides is 3. The first-order valence-electron chi connectivity index (χ1n) is 4.58. The molecule has 0 radical (unpaired) electrons. The maximum atomic E-state index is 11.9. The van der Waals surface area contributed by atoms with Gasteiger partial charge in [0.05, 0.1) is 0 Å². The summed E-state index contributed by atoms with van der Waals surface area (Å²) in [6.45, 7) is 3.37. The average Bonchev–Trinajstić information content (AvgIpc) is 2.14. The Balaban J connectivity index is 2.65. The molecular formula is C10H11F3N2O. The zero-order valence-corrected chi connectivity index (χ0v) is 8.85. The van der Waals surface area contributed by atoms with E-state index >= 15 is 0 Å². The molecule has 0 aliphatic heterocycles. The predicted molar refractivity (Wildman–Crippen MR) is 51.6 cm³/mol. The van der Waals surface area contributed by atoms with Crippen LogP contribution in [0.2, 0.25) is 0 Å². The standard InChI is InChI=1S/C10H11F3N2O/c1-6-3-7(2)14-4-8(6)5-15-9(16)10(11,12)13/h3-4H,5H2,1-2H3,(H,15,16). The highest BCUT2D eigenvalue weighted by molar-refractivity contribution is 5.81. The van der Waals surface area contributed by atoms with E-state index in [-0.39, 0.29) is 6.54 Å². The molecule has 1 N–H and O–H groups in total. The molecule has 0 spiro atoms. The molecule has 3 nitrogen and oxygen atoms in total. The van der Waals surface area contributed by atoms with Crippen molar-refractivity contribution in [3.05, 3.63) is 29.1 Å². The van der Waals surface area contributed by atoms with Crippen LogP contribution in [0.3, 0.4) is 0 Å². The number of rotatable bonds is 2. The van der Waals surface area contributed by atoms with Crippen molar-refractivity contribution < 1.29 is 18.0 Å². The van der Waals surface area contributed by atoms with Crippen LogP contribution in [-0.4, -0.2) is 17.1 Å². The summed E-state index contributed by atoms with van der Waals surface area (Å²) >= 11 is 0. The van der Waals surface area contributed by atoms with Crippen LogP contribution in [0, 0.1) is 13.8 Å². The molecule has 1 rings (SSSR count). The van der Waals surface area contributed by atoms with Gasteiger partial charge in [0.1, 0.15) is 0 Å². The van der Waals surface area contributed by atoms with Crippen molar-refractivity contribution in [2.45, 2.75) is 26.6 Å². The molecule has 1 aromatic rings. The number of aryl methyl sites for hydroxylation is 2. The molecule has 1 heterocycles. The number of hydrogen-bond acceptors (Lipinski definition) is 2. The van der Waals surface area contributed by atoms with Gasteiger partial charge < -0.3 is 5.32 Å². The lowest BCUT2D eigenvalue weighted by atomic mass is 10.1. The topological polar surface area (TPSA) is 42.0 Å². The Morgan fingerprint density at radius 2 is 2.06 bits per heavy atom. The summed E-state index contributed by atoms with van der Waals surface area (Å²) in [5.74, 6) is -1.94. The summed E-state index contributed by atoms with van der Waals surface area (Å²) in [4.78, 5) is 14.5. The molecule has 88 valence electrons. The highest BCUT2D eigenvalue weighted by Gasteiger charge is 2.38. The van der Waals surface area contributed by atoms with E-state index in [1.165, 1.54) is 6.20 Å². The van der Waals surface area contributed by atoms with Crippen LogP contribution >= 0.6 is 0 Å². The largest absolute Gasteiger partial charge is 0.471 e. The van der Waals surface area contributed by atoms with Gasteiger partial charge in [-0.3, -0.25) is 9.78 Å². The van der Waals surface area contributed by atoms with Crippen molar-refractivity contribution in [1.82, 2.24) is 10.3 Å². The monoisotopic (exact) mass is 232 g/mol. The molecule has 0 aliphatic rings. The van der Waals surface area contributed by atoms with Crippen LogP contribution in [-0.2, 0) is 11.3 Å². The van der Waals surface area contributed by atoms with Gasteiger partial charge in [-0.1, -0.05) is 0 Å². The van der Waals surface area contributed by atoms with Crippen LogP contribution in [0.25, 0.3) is 0 Å². The van der Waals surface area contributed by atoms with E-state index in [0.717, 1.165) is 11.3 Å². The molecule has 16 heavy (non-hydrogen) atoms. The third-order valence-corrected chi connectivity index (χ3v) is 2.05. The van der Waals surface area contributed by atoms with Gasteiger partial charge in [-0.2, -0.15) is 13.2 Å². The lowest BCUT2D eigenvalue weighted by Gasteiger charge is -2.09.